The molecule has 2 N–H and O–H groups in total. The van der Waals surface area contributed by atoms with Crippen LogP contribution in [0.2, 0.25) is 0 Å². The molecule has 0 bridgehead atoms. The lowest BCUT2D eigenvalue weighted by atomic mass is 10.3. The molecule has 6 nitrogen and oxygen atoms in total. The second-order valence-electron chi connectivity index (χ2n) is 5.45. The van der Waals surface area contributed by atoms with Crippen molar-refractivity contribution in [3.63, 3.8) is 0 Å². The van der Waals surface area contributed by atoms with Crippen molar-refractivity contribution >= 4 is 22.4 Å². The van der Waals surface area contributed by atoms with Crippen LogP contribution in [0.15, 0.2) is 0 Å². The number of carbonyl (C=O) groups excluding carboxylic acids is 1. The summed E-state index contributed by atoms with van der Waals surface area (Å²) in [6.45, 7) is 1.54. The number of amides is 1. The molecular weight excluding hydrogens is 288 g/mol. The van der Waals surface area contributed by atoms with Gasteiger partial charge in [-0.3, -0.25) is 4.79 Å². The average molecular weight is 312 g/mol. The van der Waals surface area contributed by atoms with Crippen molar-refractivity contribution in [2.45, 2.75) is 38.3 Å². The van der Waals surface area contributed by atoms with E-state index < -0.39 is 0 Å². The first-order valence-corrected chi connectivity index (χ1v) is 8.13. The Morgan fingerprint density at radius 1 is 1.48 bits per heavy atom. The van der Waals surface area contributed by atoms with Gasteiger partial charge in [-0.25, -0.2) is 0 Å². The number of hydrogen-bond donors (Lipinski definition) is 2. The Bertz CT molecular complexity index is 472. The van der Waals surface area contributed by atoms with Gasteiger partial charge in [0, 0.05) is 33.1 Å². The van der Waals surface area contributed by atoms with E-state index >= 15 is 0 Å². The van der Waals surface area contributed by atoms with Crippen molar-refractivity contribution in [1.29, 1.82) is 0 Å². The van der Waals surface area contributed by atoms with Crippen LogP contribution < -0.4 is 20.3 Å². The lowest BCUT2D eigenvalue weighted by Gasteiger charge is -2.05. The van der Waals surface area contributed by atoms with E-state index in [1.807, 2.05) is 19.0 Å². The summed E-state index contributed by atoms with van der Waals surface area (Å²) in [5.74, 6) is 0.854. The Balaban J connectivity index is 1.66. The zero-order valence-corrected chi connectivity index (χ0v) is 13.8. The number of hydrogen-bond acceptors (Lipinski definition) is 6. The highest BCUT2D eigenvalue weighted by molar-refractivity contribution is 7.15. The van der Waals surface area contributed by atoms with Gasteiger partial charge in [-0.15, -0.1) is 0 Å². The van der Waals surface area contributed by atoms with Crippen LogP contribution in [0.3, 0.4) is 0 Å². The molecule has 1 fully saturated rings. The second-order valence-corrected chi connectivity index (χ2v) is 6.51. The summed E-state index contributed by atoms with van der Waals surface area (Å²) in [6, 6.07) is 0.455. The van der Waals surface area contributed by atoms with Crippen LogP contribution in [0.25, 0.3) is 0 Å². The van der Waals surface area contributed by atoms with Crippen LogP contribution in [-0.2, 0) is 11.3 Å². The van der Waals surface area contributed by atoms with E-state index in [0.717, 1.165) is 42.4 Å². The van der Waals surface area contributed by atoms with Crippen molar-refractivity contribution < 1.29 is 9.53 Å². The molecule has 1 heterocycles. The third-order valence-electron chi connectivity index (χ3n) is 3.21. The van der Waals surface area contributed by atoms with Gasteiger partial charge in [0.25, 0.3) is 0 Å². The zero-order valence-electron chi connectivity index (χ0n) is 12.9. The maximum atomic E-state index is 11.5. The van der Waals surface area contributed by atoms with E-state index in [1.165, 1.54) is 0 Å². The SMILES string of the molecule is COc1nc(N(C)C)sc1CNCCCC(=O)NC1CC1. The Labute approximate surface area is 129 Å². The largest absolute Gasteiger partial charge is 0.480 e. The molecule has 0 spiro atoms. The van der Waals surface area contributed by atoms with Crippen molar-refractivity contribution in [3.8, 4) is 5.88 Å². The lowest BCUT2D eigenvalue weighted by molar-refractivity contribution is -0.121. The van der Waals surface area contributed by atoms with Crippen LogP contribution in [0, 0.1) is 0 Å². The van der Waals surface area contributed by atoms with Gasteiger partial charge in [0.2, 0.25) is 11.8 Å². The van der Waals surface area contributed by atoms with Gasteiger partial charge in [0.15, 0.2) is 5.13 Å². The molecule has 1 saturated carbocycles. The number of ether oxygens (including phenoxy) is 1. The molecule has 1 aliphatic rings. The number of methoxy groups -OCH3 is 1. The first-order valence-electron chi connectivity index (χ1n) is 7.31. The molecule has 0 unspecified atom stereocenters. The zero-order chi connectivity index (χ0) is 15.2. The quantitative estimate of drug-likeness (QED) is 0.674. The fourth-order valence-electron chi connectivity index (χ4n) is 1.89. The standard InChI is InChI=1S/C14H24N4O2S/c1-18(2)14-17-13(20-3)11(21-14)9-15-8-4-5-12(19)16-10-6-7-10/h10,15H,4-9H2,1-3H3,(H,16,19). The third-order valence-corrected chi connectivity index (χ3v) is 4.42. The molecule has 1 aromatic heterocycles. The van der Waals surface area contributed by atoms with Crippen molar-refractivity contribution in [3.05, 3.63) is 4.88 Å². The summed E-state index contributed by atoms with van der Waals surface area (Å²) in [4.78, 5) is 19.0. The van der Waals surface area contributed by atoms with Gasteiger partial charge in [-0.2, -0.15) is 4.98 Å². The number of nitrogens with one attached hydrogen (secondary N) is 2. The number of nitrogens with zero attached hydrogens (tertiary/aromatic N) is 2. The van der Waals surface area contributed by atoms with Crippen LogP contribution in [0.4, 0.5) is 5.13 Å². The number of anilines is 1. The molecular formula is C14H24N4O2S. The summed E-state index contributed by atoms with van der Waals surface area (Å²) in [5.41, 5.74) is 0. The summed E-state index contributed by atoms with van der Waals surface area (Å²) >= 11 is 1.62. The van der Waals surface area contributed by atoms with Gasteiger partial charge >= 0.3 is 0 Å². The molecule has 118 valence electrons. The topological polar surface area (TPSA) is 66.5 Å². The van der Waals surface area contributed by atoms with Crippen molar-refractivity contribution in [2.24, 2.45) is 0 Å². The van der Waals surface area contributed by atoms with Crippen LogP contribution in [-0.4, -0.2) is 44.7 Å². The molecule has 7 heteroatoms. The van der Waals surface area contributed by atoms with Crippen molar-refractivity contribution in [2.75, 3.05) is 32.6 Å². The molecule has 0 aromatic carbocycles. The van der Waals surface area contributed by atoms with Gasteiger partial charge in [0.05, 0.1) is 12.0 Å². The monoisotopic (exact) mass is 312 g/mol. The van der Waals surface area contributed by atoms with E-state index in [2.05, 4.69) is 15.6 Å². The average Bonchev–Trinajstić information content (AvgIpc) is 3.15. The molecule has 0 atom stereocenters. The van der Waals surface area contributed by atoms with Gasteiger partial charge in [0.1, 0.15) is 0 Å². The number of rotatable bonds is 9. The van der Waals surface area contributed by atoms with E-state index in [0.29, 0.717) is 18.3 Å². The summed E-state index contributed by atoms with van der Waals surface area (Å²) in [5, 5.41) is 7.28. The smallest absolute Gasteiger partial charge is 0.230 e. The minimum absolute atomic E-state index is 0.171. The highest BCUT2D eigenvalue weighted by Crippen LogP contribution is 2.30. The molecule has 1 aliphatic carbocycles. The minimum atomic E-state index is 0.171. The molecule has 0 radical (unpaired) electrons. The van der Waals surface area contributed by atoms with Gasteiger partial charge in [-0.1, -0.05) is 11.3 Å². The molecule has 0 aliphatic heterocycles. The van der Waals surface area contributed by atoms with Crippen LogP contribution in [0.5, 0.6) is 5.88 Å². The number of carbonyl (C=O) groups is 1. The minimum Gasteiger partial charge on any atom is -0.480 e. The molecule has 1 amide bonds. The summed E-state index contributed by atoms with van der Waals surface area (Å²) < 4.78 is 5.29. The van der Waals surface area contributed by atoms with E-state index in [1.54, 1.807) is 18.4 Å². The predicted molar refractivity (Wildman–Crippen MR) is 85.1 cm³/mol. The fourth-order valence-corrected chi connectivity index (χ4v) is 2.81. The first kappa shape index (κ1) is 16.0. The number of aromatic nitrogens is 1. The second kappa shape index (κ2) is 7.61. The van der Waals surface area contributed by atoms with Crippen LogP contribution in [0.1, 0.15) is 30.6 Å². The van der Waals surface area contributed by atoms with Crippen LogP contribution >= 0.6 is 11.3 Å². The van der Waals surface area contributed by atoms with E-state index in [-0.39, 0.29) is 5.91 Å². The lowest BCUT2D eigenvalue weighted by Crippen LogP contribution is -2.26. The number of thiazole rings is 1. The molecule has 21 heavy (non-hydrogen) atoms. The first-order chi connectivity index (χ1) is 10.1. The normalized spacial score (nSPS) is 14.0. The molecule has 2 rings (SSSR count). The maximum absolute atomic E-state index is 11.5. The highest BCUT2D eigenvalue weighted by Gasteiger charge is 2.22. The van der Waals surface area contributed by atoms with Crippen molar-refractivity contribution in [1.82, 2.24) is 15.6 Å². The van der Waals surface area contributed by atoms with Gasteiger partial charge < -0.3 is 20.3 Å². The fraction of sp³-hybridized carbons (Fsp3) is 0.714. The van der Waals surface area contributed by atoms with Gasteiger partial charge in [-0.05, 0) is 25.8 Å². The summed E-state index contributed by atoms with van der Waals surface area (Å²) in [6.07, 6.45) is 3.72. The molecule has 0 saturated heterocycles. The Hall–Kier alpha value is -1.34. The maximum Gasteiger partial charge on any atom is 0.230 e. The summed E-state index contributed by atoms with van der Waals surface area (Å²) in [7, 11) is 5.57. The molecule has 1 aromatic rings. The highest BCUT2D eigenvalue weighted by atomic mass is 32.1. The Morgan fingerprint density at radius 3 is 2.86 bits per heavy atom. The third kappa shape index (κ3) is 5.17. The van der Waals surface area contributed by atoms with E-state index in [9.17, 15) is 4.79 Å². The van der Waals surface area contributed by atoms with E-state index in [4.69, 9.17) is 4.74 Å². The Kier molecular flexibility index (Phi) is 5.81. The Morgan fingerprint density at radius 2 is 2.24 bits per heavy atom. The predicted octanol–water partition coefficient (Wildman–Crippen LogP) is 1.37.